The van der Waals surface area contributed by atoms with Gasteiger partial charge in [0.05, 0.1) is 0 Å². The lowest BCUT2D eigenvalue weighted by atomic mass is 10.2. The first-order valence-electron chi connectivity index (χ1n) is 4.54. The Balaban J connectivity index is 2.31. The lowest BCUT2D eigenvalue weighted by Crippen LogP contribution is -2.43. The minimum Gasteiger partial charge on any atom is -0.465 e. The SMILES string of the molecule is CN(C(=O)CNC(=O)O)[C@@H]1CCNC1. The zero-order chi connectivity index (χ0) is 10.6. The molecule has 0 saturated carbocycles. The van der Waals surface area contributed by atoms with Gasteiger partial charge in [0.15, 0.2) is 0 Å². The molecule has 2 amide bonds. The number of nitrogens with zero attached hydrogens (tertiary/aromatic N) is 1. The molecule has 80 valence electrons. The van der Waals surface area contributed by atoms with Crippen LogP contribution in [0.4, 0.5) is 4.79 Å². The molecule has 1 atom stereocenters. The van der Waals surface area contributed by atoms with Crippen LogP contribution in [0.2, 0.25) is 0 Å². The Morgan fingerprint density at radius 1 is 1.64 bits per heavy atom. The lowest BCUT2D eigenvalue weighted by molar-refractivity contribution is -0.130. The maximum absolute atomic E-state index is 11.4. The molecule has 0 aliphatic carbocycles. The summed E-state index contributed by atoms with van der Waals surface area (Å²) < 4.78 is 0. The normalized spacial score (nSPS) is 20.5. The average molecular weight is 201 g/mol. The van der Waals surface area contributed by atoms with Crippen molar-refractivity contribution in [3.8, 4) is 0 Å². The van der Waals surface area contributed by atoms with E-state index in [0.29, 0.717) is 0 Å². The first-order valence-corrected chi connectivity index (χ1v) is 4.54. The van der Waals surface area contributed by atoms with Crippen LogP contribution < -0.4 is 10.6 Å². The Morgan fingerprint density at radius 2 is 2.36 bits per heavy atom. The van der Waals surface area contributed by atoms with E-state index in [-0.39, 0.29) is 18.5 Å². The molecule has 1 heterocycles. The van der Waals surface area contributed by atoms with Crippen LogP contribution in [-0.2, 0) is 4.79 Å². The number of nitrogens with one attached hydrogen (secondary N) is 2. The first-order chi connectivity index (χ1) is 6.61. The van der Waals surface area contributed by atoms with Crippen LogP contribution in [0.1, 0.15) is 6.42 Å². The summed E-state index contributed by atoms with van der Waals surface area (Å²) >= 11 is 0. The van der Waals surface area contributed by atoms with Crippen molar-refractivity contribution >= 4 is 12.0 Å². The van der Waals surface area contributed by atoms with Crippen LogP contribution in [0.25, 0.3) is 0 Å². The van der Waals surface area contributed by atoms with Crippen LogP contribution in [-0.4, -0.2) is 54.7 Å². The van der Waals surface area contributed by atoms with Crippen molar-refractivity contribution in [3.05, 3.63) is 0 Å². The molecule has 14 heavy (non-hydrogen) atoms. The third-order valence-corrected chi connectivity index (χ3v) is 2.37. The van der Waals surface area contributed by atoms with Crippen molar-refractivity contribution in [3.63, 3.8) is 0 Å². The Morgan fingerprint density at radius 3 is 2.86 bits per heavy atom. The van der Waals surface area contributed by atoms with Gasteiger partial charge >= 0.3 is 6.09 Å². The average Bonchev–Trinajstić information content (AvgIpc) is 2.65. The minimum atomic E-state index is -1.17. The minimum absolute atomic E-state index is 0.150. The summed E-state index contributed by atoms with van der Waals surface area (Å²) in [5, 5.41) is 13.5. The van der Waals surface area contributed by atoms with Crippen molar-refractivity contribution in [2.75, 3.05) is 26.7 Å². The van der Waals surface area contributed by atoms with Crippen LogP contribution in [0, 0.1) is 0 Å². The van der Waals surface area contributed by atoms with Crippen LogP contribution in [0.5, 0.6) is 0 Å². The topological polar surface area (TPSA) is 81.7 Å². The quantitative estimate of drug-likeness (QED) is 0.551. The zero-order valence-corrected chi connectivity index (χ0v) is 8.12. The van der Waals surface area contributed by atoms with E-state index in [1.165, 1.54) is 0 Å². The molecule has 0 bridgehead atoms. The van der Waals surface area contributed by atoms with Crippen molar-refractivity contribution in [1.82, 2.24) is 15.5 Å². The molecule has 0 unspecified atom stereocenters. The molecule has 1 aliphatic rings. The number of hydrogen-bond donors (Lipinski definition) is 3. The van der Waals surface area contributed by atoms with Crippen molar-refractivity contribution < 1.29 is 14.7 Å². The molecule has 1 rings (SSSR count). The van der Waals surface area contributed by atoms with E-state index in [0.717, 1.165) is 19.5 Å². The van der Waals surface area contributed by atoms with E-state index in [1.807, 2.05) is 0 Å². The van der Waals surface area contributed by atoms with Gasteiger partial charge in [0.1, 0.15) is 6.54 Å². The van der Waals surface area contributed by atoms with E-state index >= 15 is 0 Å². The summed E-state index contributed by atoms with van der Waals surface area (Å²) in [7, 11) is 1.70. The summed E-state index contributed by atoms with van der Waals surface area (Å²) in [6.07, 6.45) is -0.244. The lowest BCUT2D eigenvalue weighted by Gasteiger charge is -2.23. The third kappa shape index (κ3) is 2.88. The third-order valence-electron chi connectivity index (χ3n) is 2.37. The van der Waals surface area contributed by atoms with Gasteiger partial charge in [-0.3, -0.25) is 4.79 Å². The summed E-state index contributed by atoms with van der Waals surface area (Å²) in [5.41, 5.74) is 0. The highest BCUT2D eigenvalue weighted by Gasteiger charge is 2.22. The second-order valence-electron chi connectivity index (χ2n) is 3.31. The number of carbonyl (C=O) groups is 2. The highest BCUT2D eigenvalue weighted by molar-refractivity contribution is 5.81. The summed E-state index contributed by atoms with van der Waals surface area (Å²) in [5.74, 6) is -0.193. The number of hydrogen-bond acceptors (Lipinski definition) is 3. The fourth-order valence-corrected chi connectivity index (χ4v) is 1.45. The fourth-order valence-electron chi connectivity index (χ4n) is 1.45. The van der Waals surface area contributed by atoms with Gasteiger partial charge in [0.2, 0.25) is 5.91 Å². The van der Waals surface area contributed by atoms with E-state index in [2.05, 4.69) is 10.6 Å². The Kier molecular flexibility index (Phi) is 3.70. The van der Waals surface area contributed by atoms with Crippen LogP contribution in [0.3, 0.4) is 0 Å². The maximum atomic E-state index is 11.4. The molecule has 1 fully saturated rings. The Hall–Kier alpha value is -1.30. The molecule has 6 heteroatoms. The van der Waals surface area contributed by atoms with Crippen LogP contribution in [0.15, 0.2) is 0 Å². The van der Waals surface area contributed by atoms with Gasteiger partial charge in [-0.1, -0.05) is 0 Å². The predicted molar refractivity (Wildman–Crippen MR) is 50.1 cm³/mol. The number of rotatable bonds is 3. The standard InChI is InChI=1S/C8H15N3O3/c1-11(6-2-3-9-4-6)7(12)5-10-8(13)14/h6,9-10H,2-5H2,1H3,(H,13,14)/t6-/m1/s1. The molecule has 1 saturated heterocycles. The molecule has 0 radical (unpaired) electrons. The van der Waals surface area contributed by atoms with Gasteiger partial charge in [-0.25, -0.2) is 4.79 Å². The molecule has 0 aromatic rings. The fraction of sp³-hybridized carbons (Fsp3) is 0.750. The van der Waals surface area contributed by atoms with Gasteiger partial charge in [0.25, 0.3) is 0 Å². The summed E-state index contributed by atoms with van der Waals surface area (Å²) in [6, 6.07) is 0.193. The van der Waals surface area contributed by atoms with E-state index < -0.39 is 6.09 Å². The molecule has 0 aromatic heterocycles. The largest absolute Gasteiger partial charge is 0.465 e. The first kappa shape index (κ1) is 10.8. The smallest absolute Gasteiger partial charge is 0.405 e. The second-order valence-corrected chi connectivity index (χ2v) is 3.31. The van der Waals surface area contributed by atoms with Gasteiger partial charge in [0, 0.05) is 19.6 Å². The van der Waals surface area contributed by atoms with Crippen molar-refractivity contribution in [2.24, 2.45) is 0 Å². The molecule has 3 N–H and O–H groups in total. The number of amides is 2. The number of carboxylic acid groups (broad SMARTS) is 1. The van der Waals surface area contributed by atoms with E-state index in [4.69, 9.17) is 5.11 Å². The second kappa shape index (κ2) is 4.80. The Labute approximate surface area is 82.3 Å². The van der Waals surface area contributed by atoms with E-state index in [1.54, 1.807) is 11.9 Å². The summed E-state index contributed by atoms with van der Waals surface area (Å²) in [6.45, 7) is 1.55. The van der Waals surface area contributed by atoms with Gasteiger partial charge in [-0.2, -0.15) is 0 Å². The molecular formula is C8H15N3O3. The molecule has 6 nitrogen and oxygen atoms in total. The summed E-state index contributed by atoms with van der Waals surface area (Å²) in [4.78, 5) is 23.2. The van der Waals surface area contributed by atoms with Gasteiger partial charge in [-0.05, 0) is 13.0 Å². The molecular weight excluding hydrogens is 186 g/mol. The van der Waals surface area contributed by atoms with Gasteiger partial charge < -0.3 is 20.6 Å². The van der Waals surface area contributed by atoms with Crippen molar-refractivity contribution in [1.29, 1.82) is 0 Å². The predicted octanol–water partition coefficient (Wildman–Crippen LogP) is -0.926. The monoisotopic (exact) mass is 201 g/mol. The maximum Gasteiger partial charge on any atom is 0.405 e. The van der Waals surface area contributed by atoms with Crippen molar-refractivity contribution in [2.45, 2.75) is 12.5 Å². The Bertz CT molecular complexity index is 226. The molecule has 1 aliphatic heterocycles. The van der Waals surface area contributed by atoms with Crippen LogP contribution >= 0.6 is 0 Å². The highest BCUT2D eigenvalue weighted by atomic mass is 16.4. The number of likely N-dealkylation sites (N-methyl/N-ethyl adjacent to an activating group) is 1. The zero-order valence-electron chi connectivity index (χ0n) is 8.12. The van der Waals surface area contributed by atoms with Gasteiger partial charge in [-0.15, -0.1) is 0 Å². The molecule has 0 spiro atoms. The van der Waals surface area contributed by atoms with E-state index in [9.17, 15) is 9.59 Å². The highest BCUT2D eigenvalue weighted by Crippen LogP contribution is 2.05. The molecule has 0 aromatic carbocycles. The number of carbonyl (C=O) groups excluding carboxylic acids is 1.